The quantitative estimate of drug-likeness (QED) is 0.666. The van der Waals surface area contributed by atoms with Crippen LogP contribution in [0.2, 0.25) is 10.0 Å². The van der Waals surface area contributed by atoms with E-state index >= 15 is 0 Å². The van der Waals surface area contributed by atoms with Crippen LogP contribution in [0.1, 0.15) is 47.1 Å². The number of hydrogen-bond acceptors (Lipinski definition) is 3. The number of aromatic nitrogens is 3. The second-order valence-electron chi connectivity index (χ2n) is 6.03. The predicted molar refractivity (Wildman–Crippen MR) is 94.3 cm³/mol. The molecule has 1 aliphatic carbocycles. The molecular weight excluding hydrogens is 385 g/mol. The van der Waals surface area contributed by atoms with Crippen molar-refractivity contribution in [2.45, 2.75) is 25.2 Å². The van der Waals surface area contributed by atoms with Gasteiger partial charge >= 0.3 is 0 Å². The van der Waals surface area contributed by atoms with Crippen molar-refractivity contribution in [3.05, 3.63) is 57.5 Å². The minimum atomic E-state index is -2.73. The molecule has 134 valence electrons. The van der Waals surface area contributed by atoms with Gasteiger partial charge in [0.2, 0.25) is 0 Å². The van der Waals surface area contributed by atoms with E-state index in [4.69, 9.17) is 23.2 Å². The molecule has 9 heteroatoms. The summed E-state index contributed by atoms with van der Waals surface area (Å²) in [5, 5.41) is 7.07. The highest BCUT2D eigenvalue weighted by Crippen LogP contribution is 2.40. The van der Waals surface area contributed by atoms with E-state index in [1.54, 1.807) is 18.2 Å². The number of fused-ring (bicyclic) bond motifs is 1. The van der Waals surface area contributed by atoms with E-state index in [9.17, 15) is 13.6 Å². The van der Waals surface area contributed by atoms with Crippen molar-refractivity contribution in [3.63, 3.8) is 0 Å². The van der Waals surface area contributed by atoms with Gasteiger partial charge in [-0.3, -0.25) is 4.79 Å². The predicted octanol–water partition coefficient (Wildman–Crippen LogP) is 5.10. The Labute approximate surface area is 156 Å². The summed E-state index contributed by atoms with van der Waals surface area (Å²) < 4.78 is 27.8. The van der Waals surface area contributed by atoms with Gasteiger partial charge in [-0.1, -0.05) is 29.3 Å². The van der Waals surface area contributed by atoms with Crippen LogP contribution in [0.5, 0.6) is 0 Å². The molecule has 1 fully saturated rings. The first-order valence-electron chi connectivity index (χ1n) is 7.88. The highest BCUT2D eigenvalue weighted by atomic mass is 35.5. The molecule has 2 aromatic heterocycles. The lowest BCUT2D eigenvalue weighted by atomic mass is 10.2. The number of halogens is 4. The maximum Gasteiger partial charge on any atom is 0.280 e. The monoisotopic (exact) mass is 396 g/mol. The zero-order valence-electron chi connectivity index (χ0n) is 13.2. The number of para-hydroxylation sites is 1. The summed E-state index contributed by atoms with van der Waals surface area (Å²) in [5.41, 5.74) is 0.711. The largest absolute Gasteiger partial charge is 0.318 e. The van der Waals surface area contributed by atoms with Crippen molar-refractivity contribution in [1.82, 2.24) is 14.6 Å². The Morgan fingerprint density at radius 1 is 1.23 bits per heavy atom. The molecule has 3 aromatic rings. The fraction of sp³-hybridized carbons (Fsp3) is 0.235. The summed E-state index contributed by atoms with van der Waals surface area (Å²) in [5.74, 6) is -0.412. The number of anilines is 1. The van der Waals surface area contributed by atoms with E-state index in [1.165, 1.54) is 12.1 Å². The molecule has 1 aliphatic rings. The molecule has 1 aromatic carbocycles. The molecule has 0 unspecified atom stereocenters. The van der Waals surface area contributed by atoms with Crippen molar-refractivity contribution in [3.8, 4) is 0 Å². The fourth-order valence-corrected chi connectivity index (χ4v) is 3.16. The molecule has 0 radical (unpaired) electrons. The first-order chi connectivity index (χ1) is 12.4. The van der Waals surface area contributed by atoms with Crippen LogP contribution in [0.15, 0.2) is 30.3 Å². The SMILES string of the molecule is O=C(Nc1c(Cl)cccc1Cl)c1cc2nc(C3CC3)cc(C(F)F)n2n1. The highest BCUT2D eigenvalue weighted by Gasteiger charge is 2.28. The van der Waals surface area contributed by atoms with Gasteiger partial charge < -0.3 is 5.32 Å². The molecule has 2 heterocycles. The summed E-state index contributed by atoms with van der Waals surface area (Å²) in [6.07, 6.45) is -0.872. The van der Waals surface area contributed by atoms with Crippen LogP contribution in [0.3, 0.4) is 0 Å². The summed E-state index contributed by atoms with van der Waals surface area (Å²) >= 11 is 12.1. The van der Waals surface area contributed by atoms with E-state index in [1.807, 2.05) is 0 Å². The zero-order valence-corrected chi connectivity index (χ0v) is 14.7. The van der Waals surface area contributed by atoms with Gasteiger partial charge in [-0.2, -0.15) is 5.10 Å². The van der Waals surface area contributed by atoms with Crippen LogP contribution >= 0.6 is 23.2 Å². The molecule has 4 rings (SSSR count). The highest BCUT2D eigenvalue weighted by molar-refractivity contribution is 6.40. The van der Waals surface area contributed by atoms with Crippen LogP contribution < -0.4 is 5.32 Å². The van der Waals surface area contributed by atoms with Crippen molar-refractivity contribution < 1.29 is 13.6 Å². The first kappa shape index (κ1) is 17.2. The van der Waals surface area contributed by atoms with E-state index < -0.39 is 12.3 Å². The van der Waals surface area contributed by atoms with Crippen molar-refractivity contribution >= 4 is 40.4 Å². The van der Waals surface area contributed by atoms with Crippen molar-refractivity contribution in [2.24, 2.45) is 0 Å². The van der Waals surface area contributed by atoms with Crippen LogP contribution in [-0.4, -0.2) is 20.5 Å². The number of rotatable bonds is 4. The zero-order chi connectivity index (χ0) is 18.4. The lowest BCUT2D eigenvalue weighted by Gasteiger charge is -2.07. The maximum atomic E-state index is 13.4. The van der Waals surface area contributed by atoms with Gasteiger partial charge in [0, 0.05) is 17.7 Å². The molecule has 0 aliphatic heterocycles. The Bertz CT molecular complexity index is 997. The Hall–Kier alpha value is -2.25. The van der Waals surface area contributed by atoms with Gasteiger partial charge in [0.15, 0.2) is 11.3 Å². The van der Waals surface area contributed by atoms with E-state index in [0.717, 1.165) is 17.4 Å². The Kier molecular flexibility index (Phi) is 4.28. The number of carbonyl (C=O) groups excluding carboxylic acids is 1. The number of nitrogens with one attached hydrogen (secondary N) is 1. The van der Waals surface area contributed by atoms with Crippen LogP contribution in [0.25, 0.3) is 5.65 Å². The van der Waals surface area contributed by atoms with E-state index in [0.29, 0.717) is 5.69 Å². The maximum absolute atomic E-state index is 13.4. The van der Waals surface area contributed by atoms with Crippen molar-refractivity contribution in [1.29, 1.82) is 0 Å². The number of nitrogens with zero attached hydrogens (tertiary/aromatic N) is 3. The summed E-state index contributed by atoms with van der Waals surface area (Å²) in [6.45, 7) is 0. The molecule has 0 saturated heterocycles. The molecular formula is C17H12Cl2F2N4O. The molecule has 26 heavy (non-hydrogen) atoms. The van der Waals surface area contributed by atoms with Crippen LogP contribution in [-0.2, 0) is 0 Å². The minimum Gasteiger partial charge on any atom is -0.318 e. The lowest BCUT2D eigenvalue weighted by molar-refractivity contribution is 0.102. The molecule has 0 atom stereocenters. The standard InChI is InChI=1S/C17H12Cl2F2N4O/c18-9-2-1-3-10(19)15(9)23-17(26)12-7-14-22-11(8-4-5-8)6-13(16(20)21)25(14)24-12/h1-3,6-8,16H,4-5H2,(H,23,26). The third kappa shape index (κ3) is 3.12. The molecule has 1 amide bonds. The number of carbonyl (C=O) groups is 1. The van der Waals surface area contributed by atoms with Gasteiger partial charge in [0.1, 0.15) is 5.69 Å². The lowest BCUT2D eigenvalue weighted by Crippen LogP contribution is -2.13. The van der Waals surface area contributed by atoms with Gasteiger partial charge in [-0.25, -0.2) is 18.3 Å². The minimum absolute atomic E-state index is 0.0525. The topological polar surface area (TPSA) is 59.3 Å². The number of alkyl halides is 2. The Morgan fingerprint density at radius 2 is 1.92 bits per heavy atom. The smallest absolute Gasteiger partial charge is 0.280 e. The average Bonchev–Trinajstić information content (AvgIpc) is 3.35. The number of hydrogen-bond donors (Lipinski definition) is 1. The molecule has 0 bridgehead atoms. The van der Waals surface area contributed by atoms with Crippen LogP contribution in [0.4, 0.5) is 14.5 Å². The van der Waals surface area contributed by atoms with Gasteiger partial charge in [-0.05, 0) is 31.0 Å². The van der Waals surface area contributed by atoms with Gasteiger partial charge in [0.25, 0.3) is 12.3 Å². The molecule has 0 spiro atoms. The number of benzene rings is 1. The van der Waals surface area contributed by atoms with Crippen LogP contribution in [0, 0.1) is 0 Å². The number of amides is 1. The Morgan fingerprint density at radius 3 is 2.54 bits per heavy atom. The summed E-state index contributed by atoms with van der Waals surface area (Å²) in [6, 6.07) is 7.52. The normalized spacial score (nSPS) is 14.2. The summed E-state index contributed by atoms with van der Waals surface area (Å²) in [7, 11) is 0. The first-order valence-corrected chi connectivity index (χ1v) is 8.64. The van der Waals surface area contributed by atoms with Gasteiger partial charge in [0.05, 0.1) is 15.7 Å². The molecule has 1 N–H and O–H groups in total. The second-order valence-corrected chi connectivity index (χ2v) is 6.85. The molecule has 1 saturated carbocycles. The summed E-state index contributed by atoms with van der Waals surface area (Å²) in [4.78, 5) is 16.8. The third-order valence-electron chi connectivity index (χ3n) is 4.13. The molecule has 5 nitrogen and oxygen atoms in total. The van der Waals surface area contributed by atoms with E-state index in [-0.39, 0.29) is 38.7 Å². The van der Waals surface area contributed by atoms with Gasteiger partial charge in [-0.15, -0.1) is 0 Å². The Balaban J connectivity index is 1.72. The average molecular weight is 397 g/mol. The van der Waals surface area contributed by atoms with E-state index in [2.05, 4.69) is 15.4 Å². The fourth-order valence-electron chi connectivity index (χ4n) is 2.67. The third-order valence-corrected chi connectivity index (χ3v) is 4.76. The second kappa shape index (κ2) is 6.48. The van der Waals surface area contributed by atoms with Crippen molar-refractivity contribution in [2.75, 3.05) is 5.32 Å².